The van der Waals surface area contributed by atoms with Gasteiger partial charge in [-0.2, -0.15) is 4.72 Å². The smallest absolute Gasteiger partial charge is 0.321 e. The third-order valence-corrected chi connectivity index (χ3v) is 5.02. The number of ether oxygens (including phenoxy) is 2. The average molecular weight is 420 g/mol. The van der Waals surface area contributed by atoms with Crippen LogP contribution in [-0.2, 0) is 19.6 Å². The number of carbonyl (C=O) groups excluding carboxylic acids is 2. The first-order chi connectivity index (χ1) is 13.5. The molecule has 0 heterocycles. The summed E-state index contributed by atoms with van der Waals surface area (Å²) in [5.74, 6) is -0.384. The highest BCUT2D eigenvalue weighted by atomic mass is 32.2. The van der Waals surface area contributed by atoms with Crippen LogP contribution in [0.1, 0.15) is 31.1 Å². The number of anilines is 1. The lowest BCUT2D eigenvalue weighted by molar-refractivity contribution is -0.153. The maximum atomic E-state index is 12.3. The molecule has 0 saturated carbocycles. The second-order valence-electron chi connectivity index (χ2n) is 7.12. The number of carbonyl (C=O) groups is 2. The zero-order valence-corrected chi connectivity index (χ0v) is 17.5. The topological polar surface area (TPSA) is 111 Å². The Bertz CT molecular complexity index is 962. The summed E-state index contributed by atoms with van der Waals surface area (Å²) in [6.07, 6.45) is 0. The molecule has 0 aliphatic heterocycles. The summed E-state index contributed by atoms with van der Waals surface area (Å²) in [7, 11) is -2.36. The van der Waals surface area contributed by atoms with Gasteiger partial charge < -0.3 is 14.8 Å². The minimum absolute atomic E-state index is 0.0384. The van der Waals surface area contributed by atoms with Crippen molar-refractivity contribution < 1.29 is 27.5 Å². The van der Waals surface area contributed by atoms with E-state index in [2.05, 4.69) is 10.0 Å². The van der Waals surface area contributed by atoms with Crippen molar-refractivity contribution in [3.05, 3.63) is 54.1 Å². The molecule has 2 aromatic rings. The minimum Gasteiger partial charge on any atom is -0.497 e. The minimum atomic E-state index is -3.89. The van der Waals surface area contributed by atoms with Gasteiger partial charge in [0.2, 0.25) is 10.0 Å². The molecule has 0 saturated heterocycles. The van der Waals surface area contributed by atoms with Crippen molar-refractivity contribution in [2.45, 2.75) is 31.3 Å². The molecule has 0 aromatic heterocycles. The van der Waals surface area contributed by atoms with E-state index in [9.17, 15) is 18.0 Å². The molecule has 2 N–H and O–H groups in total. The molecular formula is C20H24N2O6S. The van der Waals surface area contributed by atoms with E-state index in [1.165, 1.54) is 31.4 Å². The van der Waals surface area contributed by atoms with Crippen molar-refractivity contribution in [3.63, 3.8) is 0 Å². The lowest BCUT2D eigenvalue weighted by Gasteiger charge is -2.19. The van der Waals surface area contributed by atoms with Gasteiger partial charge in [0.05, 0.1) is 12.0 Å². The van der Waals surface area contributed by atoms with Gasteiger partial charge in [0.1, 0.15) is 17.9 Å². The molecule has 0 fully saturated rings. The molecular weight excluding hydrogens is 396 g/mol. The van der Waals surface area contributed by atoms with E-state index in [-0.39, 0.29) is 10.8 Å². The van der Waals surface area contributed by atoms with Gasteiger partial charge in [0, 0.05) is 11.3 Å². The maximum absolute atomic E-state index is 12.3. The third-order valence-electron chi connectivity index (χ3n) is 3.60. The van der Waals surface area contributed by atoms with Crippen molar-refractivity contribution in [2.24, 2.45) is 0 Å². The van der Waals surface area contributed by atoms with Gasteiger partial charge in [0.15, 0.2) is 0 Å². The molecule has 9 heteroatoms. The third kappa shape index (κ3) is 6.88. The normalized spacial score (nSPS) is 11.6. The fourth-order valence-corrected chi connectivity index (χ4v) is 3.25. The summed E-state index contributed by atoms with van der Waals surface area (Å²) in [6.45, 7) is 4.60. The summed E-state index contributed by atoms with van der Waals surface area (Å²) in [5.41, 5.74) is 0.158. The van der Waals surface area contributed by atoms with Gasteiger partial charge in [-0.3, -0.25) is 9.59 Å². The first-order valence-corrected chi connectivity index (χ1v) is 10.3. The van der Waals surface area contributed by atoms with Gasteiger partial charge in [-0.05, 0) is 69.3 Å². The molecule has 0 bridgehead atoms. The maximum Gasteiger partial charge on any atom is 0.321 e. The van der Waals surface area contributed by atoms with E-state index in [0.29, 0.717) is 17.0 Å². The Kier molecular flexibility index (Phi) is 6.99. The molecule has 8 nitrogen and oxygen atoms in total. The van der Waals surface area contributed by atoms with Crippen molar-refractivity contribution >= 4 is 27.6 Å². The Morgan fingerprint density at radius 1 is 0.966 bits per heavy atom. The fraction of sp³-hybridized carbons (Fsp3) is 0.300. The number of sulfonamides is 1. The molecule has 156 valence electrons. The van der Waals surface area contributed by atoms with Crippen LogP contribution >= 0.6 is 0 Å². The number of amides is 1. The molecule has 0 aliphatic rings. The predicted octanol–water partition coefficient (Wildman–Crippen LogP) is 2.57. The molecule has 2 rings (SSSR count). The lowest BCUT2D eigenvalue weighted by Crippen LogP contribution is -2.34. The van der Waals surface area contributed by atoms with E-state index in [4.69, 9.17) is 9.47 Å². The molecule has 0 spiro atoms. The largest absolute Gasteiger partial charge is 0.497 e. The molecule has 0 unspecified atom stereocenters. The summed E-state index contributed by atoms with van der Waals surface area (Å²) >= 11 is 0. The lowest BCUT2D eigenvalue weighted by atomic mass is 10.2. The van der Waals surface area contributed by atoms with Crippen LogP contribution in [0.2, 0.25) is 0 Å². The number of rotatable bonds is 7. The van der Waals surface area contributed by atoms with Gasteiger partial charge >= 0.3 is 5.97 Å². The fourth-order valence-electron chi connectivity index (χ4n) is 2.28. The highest BCUT2D eigenvalue weighted by Crippen LogP contribution is 2.16. The van der Waals surface area contributed by atoms with Gasteiger partial charge in [-0.1, -0.05) is 0 Å². The van der Waals surface area contributed by atoms with Crippen LogP contribution in [0, 0.1) is 0 Å². The van der Waals surface area contributed by atoms with E-state index in [1.54, 1.807) is 45.0 Å². The SMILES string of the molecule is COc1ccc(C(=O)Nc2ccc(S(=O)(=O)NCC(=O)OC(C)(C)C)cc2)cc1. The number of benzene rings is 2. The molecule has 2 aromatic carbocycles. The molecule has 0 aliphatic carbocycles. The van der Waals surface area contributed by atoms with E-state index in [1.807, 2.05) is 0 Å². The van der Waals surface area contributed by atoms with Gasteiger partial charge in [-0.25, -0.2) is 8.42 Å². The number of nitrogens with one attached hydrogen (secondary N) is 2. The zero-order valence-electron chi connectivity index (χ0n) is 16.7. The summed E-state index contributed by atoms with van der Waals surface area (Å²) in [4.78, 5) is 23.9. The highest BCUT2D eigenvalue weighted by Gasteiger charge is 2.20. The second kappa shape index (κ2) is 9.06. The van der Waals surface area contributed by atoms with Crippen LogP contribution in [0.25, 0.3) is 0 Å². The summed E-state index contributed by atoms with van der Waals surface area (Å²) in [6, 6.07) is 12.2. The van der Waals surface area contributed by atoms with Crippen molar-refractivity contribution in [1.29, 1.82) is 0 Å². The van der Waals surface area contributed by atoms with E-state index < -0.39 is 28.1 Å². The van der Waals surface area contributed by atoms with E-state index in [0.717, 1.165) is 0 Å². The Morgan fingerprint density at radius 2 is 1.55 bits per heavy atom. The monoisotopic (exact) mass is 420 g/mol. The average Bonchev–Trinajstić information content (AvgIpc) is 2.65. The molecule has 0 atom stereocenters. The first kappa shape index (κ1) is 22.4. The van der Waals surface area contributed by atoms with Gasteiger partial charge in [-0.15, -0.1) is 0 Å². The number of esters is 1. The van der Waals surface area contributed by atoms with Crippen LogP contribution in [0.15, 0.2) is 53.4 Å². The zero-order chi connectivity index (χ0) is 21.7. The van der Waals surface area contributed by atoms with Crippen LogP contribution in [0.5, 0.6) is 5.75 Å². The Hall–Kier alpha value is -2.91. The predicted molar refractivity (Wildman–Crippen MR) is 108 cm³/mol. The van der Waals surface area contributed by atoms with Crippen LogP contribution in [0.4, 0.5) is 5.69 Å². The Labute approximate surface area is 170 Å². The number of methoxy groups -OCH3 is 1. The quantitative estimate of drug-likeness (QED) is 0.666. The second-order valence-corrected chi connectivity index (χ2v) is 8.88. The standard InChI is InChI=1S/C20H24N2O6S/c1-20(2,3)28-18(23)13-21-29(25,26)17-11-7-15(8-12-17)22-19(24)14-5-9-16(27-4)10-6-14/h5-12,21H,13H2,1-4H3,(H,22,24). The van der Waals surface area contributed by atoms with Crippen molar-refractivity contribution in [3.8, 4) is 5.75 Å². The van der Waals surface area contributed by atoms with Gasteiger partial charge in [0.25, 0.3) is 5.91 Å². The highest BCUT2D eigenvalue weighted by molar-refractivity contribution is 7.89. The molecule has 29 heavy (non-hydrogen) atoms. The first-order valence-electron chi connectivity index (χ1n) is 8.77. The van der Waals surface area contributed by atoms with Crippen LogP contribution in [0.3, 0.4) is 0 Å². The number of hydrogen-bond acceptors (Lipinski definition) is 6. The molecule has 0 radical (unpaired) electrons. The summed E-state index contributed by atoms with van der Waals surface area (Å²) < 4.78 is 36.9. The van der Waals surface area contributed by atoms with Crippen molar-refractivity contribution in [2.75, 3.05) is 19.0 Å². The van der Waals surface area contributed by atoms with Crippen molar-refractivity contribution in [1.82, 2.24) is 4.72 Å². The van der Waals surface area contributed by atoms with Crippen LogP contribution < -0.4 is 14.8 Å². The summed E-state index contributed by atoms with van der Waals surface area (Å²) in [5, 5.41) is 2.68. The Morgan fingerprint density at radius 3 is 2.07 bits per heavy atom. The Balaban J connectivity index is 1.99. The van der Waals surface area contributed by atoms with E-state index >= 15 is 0 Å². The number of hydrogen-bond donors (Lipinski definition) is 2. The van der Waals surface area contributed by atoms with Crippen LogP contribution in [-0.4, -0.2) is 39.5 Å². The molecule has 1 amide bonds.